The van der Waals surface area contributed by atoms with Gasteiger partial charge in [-0.1, -0.05) is 0 Å². The number of hydrogen-bond acceptors (Lipinski definition) is 2. The molecule has 0 spiro atoms. The van der Waals surface area contributed by atoms with Gasteiger partial charge in [0.05, 0.1) is 0 Å². The van der Waals surface area contributed by atoms with E-state index in [-0.39, 0.29) is 0 Å². The zero-order valence-corrected chi connectivity index (χ0v) is 8.11. The summed E-state index contributed by atoms with van der Waals surface area (Å²) in [6, 6.07) is 3.30. The van der Waals surface area contributed by atoms with Crippen LogP contribution in [-0.2, 0) is 0 Å². The molecule has 0 aromatic carbocycles. The Kier molecular flexibility index (Phi) is 1.77. The quantitative estimate of drug-likeness (QED) is 0.683. The van der Waals surface area contributed by atoms with Gasteiger partial charge in [0, 0.05) is 17.3 Å². The summed E-state index contributed by atoms with van der Waals surface area (Å²) >= 11 is 0. The standard InChI is InChI=1S/C10H11N3O/c1-6-7(2)13(10(11)14)9-8(6)4-3-5-12-9/h3-5H,1-2H3,(H2,11,14). The topological polar surface area (TPSA) is 60.9 Å². The van der Waals surface area contributed by atoms with Crippen LogP contribution in [0.25, 0.3) is 11.0 Å². The van der Waals surface area contributed by atoms with E-state index in [0.717, 1.165) is 16.6 Å². The van der Waals surface area contributed by atoms with E-state index in [9.17, 15) is 4.79 Å². The molecule has 0 saturated carbocycles. The van der Waals surface area contributed by atoms with E-state index >= 15 is 0 Å². The van der Waals surface area contributed by atoms with Crippen molar-refractivity contribution < 1.29 is 4.79 Å². The molecule has 0 unspecified atom stereocenters. The van der Waals surface area contributed by atoms with Gasteiger partial charge >= 0.3 is 6.03 Å². The van der Waals surface area contributed by atoms with E-state index in [1.807, 2.05) is 26.0 Å². The summed E-state index contributed by atoms with van der Waals surface area (Å²) in [5, 5.41) is 0.976. The van der Waals surface area contributed by atoms with E-state index in [1.165, 1.54) is 4.57 Å². The molecule has 0 radical (unpaired) electrons. The Labute approximate surface area is 81.3 Å². The normalized spacial score (nSPS) is 10.7. The summed E-state index contributed by atoms with van der Waals surface area (Å²) in [7, 11) is 0. The number of nitrogens with zero attached hydrogens (tertiary/aromatic N) is 2. The summed E-state index contributed by atoms with van der Waals surface area (Å²) in [5.41, 5.74) is 7.81. The molecule has 2 heterocycles. The number of carbonyl (C=O) groups excluding carboxylic acids is 1. The summed E-state index contributed by atoms with van der Waals surface area (Å²) in [4.78, 5) is 15.3. The highest BCUT2D eigenvalue weighted by atomic mass is 16.2. The Bertz CT molecular complexity index is 513. The molecule has 0 aliphatic heterocycles. The maximum Gasteiger partial charge on any atom is 0.324 e. The Morgan fingerprint density at radius 3 is 2.86 bits per heavy atom. The third kappa shape index (κ3) is 1.00. The van der Waals surface area contributed by atoms with Gasteiger partial charge in [0.25, 0.3) is 0 Å². The van der Waals surface area contributed by atoms with Gasteiger partial charge in [-0.3, -0.25) is 4.57 Å². The monoisotopic (exact) mass is 189 g/mol. The van der Waals surface area contributed by atoms with Crippen molar-refractivity contribution in [2.24, 2.45) is 5.73 Å². The second-order valence-electron chi connectivity index (χ2n) is 3.26. The highest BCUT2D eigenvalue weighted by Gasteiger charge is 2.14. The first-order chi connectivity index (χ1) is 6.63. The molecule has 0 aliphatic rings. The second-order valence-corrected chi connectivity index (χ2v) is 3.26. The van der Waals surface area contributed by atoms with Gasteiger partial charge in [-0.25, -0.2) is 9.78 Å². The highest BCUT2D eigenvalue weighted by molar-refractivity contribution is 5.92. The lowest BCUT2D eigenvalue weighted by Crippen LogP contribution is -2.20. The molecule has 0 bridgehead atoms. The number of primary amides is 1. The number of carbonyl (C=O) groups is 1. The van der Waals surface area contributed by atoms with Crippen molar-refractivity contribution in [3.63, 3.8) is 0 Å². The molecule has 4 nitrogen and oxygen atoms in total. The molecule has 2 rings (SSSR count). The van der Waals surface area contributed by atoms with Gasteiger partial charge in [0.1, 0.15) is 5.65 Å². The second kappa shape index (κ2) is 2.83. The van der Waals surface area contributed by atoms with Crippen LogP contribution in [-0.4, -0.2) is 15.6 Å². The SMILES string of the molecule is Cc1c(C)n(C(N)=O)c2ncccc12. The molecule has 72 valence electrons. The molecule has 2 aromatic rings. The summed E-state index contributed by atoms with van der Waals surface area (Å²) in [6.45, 7) is 3.82. The van der Waals surface area contributed by atoms with Crippen molar-refractivity contribution in [3.8, 4) is 0 Å². The number of pyridine rings is 1. The largest absolute Gasteiger partial charge is 0.351 e. The highest BCUT2D eigenvalue weighted by Crippen LogP contribution is 2.22. The molecule has 2 N–H and O–H groups in total. The third-order valence-electron chi connectivity index (χ3n) is 2.50. The Hall–Kier alpha value is -1.84. The lowest BCUT2D eigenvalue weighted by Gasteiger charge is -1.99. The zero-order valence-electron chi connectivity index (χ0n) is 8.11. The average molecular weight is 189 g/mol. The molecule has 2 aromatic heterocycles. The van der Waals surface area contributed by atoms with Crippen molar-refractivity contribution in [2.45, 2.75) is 13.8 Å². The van der Waals surface area contributed by atoms with Crippen molar-refractivity contribution in [3.05, 3.63) is 29.6 Å². The lowest BCUT2D eigenvalue weighted by molar-refractivity contribution is 0.250. The van der Waals surface area contributed by atoms with Gasteiger partial charge in [-0.2, -0.15) is 0 Å². The minimum absolute atomic E-state index is 0.487. The Morgan fingerprint density at radius 1 is 1.50 bits per heavy atom. The first kappa shape index (κ1) is 8.74. The van der Waals surface area contributed by atoms with Gasteiger partial charge in [0.15, 0.2) is 0 Å². The van der Waals surface area contributed by atoms with E-state index in [0.29, 0.717) is 5.65 Å². The zero-order chi connectivity index (χ0) is 10.3. The number of hydrogen-bond donors (Lipinski definition) is 1. The molecule has 0 atom stereocenters. The van der Waals surface area contributed by atoms with Crippen molar-refractivity contribution in [2.75, 3.05) is 0 Å². The van der Waals surface area contributed by atoms with Crippen LogP contribution in [0.5, 0.6) is 0 Å². The smallest absolute Gasteiger partial charge is 0.324 e. The van der Waals surface area contributed by atoms with Crippen LogP contribution in [0.3, 0.4) is 0 Å². The van der Waals surface area contributed by atoms with Crippen LogP contribution in [0.1, 0.15) is 11.3 Å². The molecule has 14 heavy (non-hydrogen) atoms. The summed E-state index contributed by atoms with van der Waals surface area (Å²) in [5.74, 6) is 0. The maximum absolute atomic E-state index is 11.2. The average Bonchev–Trinajstić information content (AvgIpc) is 2.41. The van der Waals surface area contributed by atoms with Gasteiger partial charge in [-0.05, 0) is 31.5 Å². The van der Waals surface area contributed by atoms with Crippen LogP contribution in [0, 0.1) is 13.8 Å². The predicted octanol–water partition coefficient (Wildman–Crippen LogP) is 1.58. The number of rotatable bonds is 0. The number of amides is 1. The number of aromatic nitrogens is 2. The third-order valence-corrected chi connectivity index (χ3v) is 2.50. The van der Waals surface area contributed by atoms with E-state index < -0.39 is 6.03 Å². The summed E-state index contributed by atoms with van der Waals surface area (Å²) in [6.07, 6.45) is 1.65. The van der Waals surface area contributed by atoms with Gasteiger partial charge < -0.3 is 5.73 Å². The predicted molar refractivity (Wildman–Crippen MR) is 54.2 cm³/mol. The molecular formula is C10H11N3O. The number of fused-ring (bicyclic) bond motifs is 1. The Balaban J connectivity index is 2.95. The molecular weight excluding hydrogens is 178 g/mol. The molecule has 0 fully saturated rings. The van der Waals surface area contributed by atoms with Crippen LogP contribution >= 0.6 is 0 Å². The first-order valence-corrected chi connectivity index (χ1v) is 4.35. The van der Waals surface area contributed by atoms with Crippen LogP contribution in [0.2, 0.25) is 0 Å². The van der Waals surface area contributed by atoms with Gasteiger partial charge in [0.2, 0.25) is 0 Å². The number of nitrogens with two attached hydrogens (primary N) is 1. The fraction of sp³-hybridized carbons (Fsp3) is 0.200. The fourth-order valence-corrected chi connectivity index (χ4v) is 1.66. The fourth-order valence-electron chi connectivity index (χ4n) is 1.66. The minimum atomic E-state index is -0.487. The first-order valence-electron chi connectivity index (χ1n) is 4.35. The van der Waals surface area contributed by atoms with Gasteiger partial charge in [-0.15, -0.1) is 0 Å². The minimum Gasteiger partial charge on any atom is -0.351 e. The summed E-state index contributed by atoms with van der Waals surface area (Å²) < 4.78 is 1.44. The van der Waals surface area contributed by atoms with Crippen LogP contribution in [0.4, 0.5) is 4.79 Å². The maximum atomic E-state index is 11.2. The van der Waals surface area contributed by atoms with E-state index in [1.54, 1.807) is 6.20 Å². The molecule has 1 amide bonds. The molecule has 4 heteroatoms. The lowest BCUT2D eigenvalue weighted by atomic mass is 10.2. The Morgan fingerprint density at radius 2 is 2.21 bits per heavy atom. The van der Waals surface area contributed by atoms with Crippen molar-refractivity contribution in [1.29, 1.82) is 0 Å². The van der Waals surface area contributed by atoms with Crippen molar-refractivity contribution >= 4 is 17.1 Å². The van der Waals surface area contributed by atoms with Crippen LogP contribution < -0.4 is 5.73 Å². The van der Waals surface area contributed by atoms with E-state index in [4.69, 9.17) is 5.73 Å². The number of aryl methyl sites for hydroxylation is 1. The van der Waals surface area contributed by atoms with Crippen molar-refractivity contribution in [1.82, 2.24) is 9.55 Å². The van der Waals surface area contributed by atoms with Crippen LogP contribution in [0.15, 0.2) is 18.3 Å². The molecule has 0 aliphatic carbocycles. The van der Waals surface area contributed by atoms with E-state index in [2.05, 4.69) is 4.98 Å². The molecule has 0 saturated heterocycles.